The maximum atomic E-state index is 13.2. The number of carbonyl (C=O) groups excluding carboxylic acids is 1. The van der Waals surface area contributed by atoms with Gasteiger partial charge in [0, 0.05) is 12.4 Å². The number of benzene rings is 2. The molecule has 6 nitrogen and oxygen atoms in total. The first-order valence-electron chi connectivity index (χ1n) is 10.0. The van der Waals surface area contributed by atoms with Crippen LogP contribution >= 0.6 is 0 Å². The summed E-state index contributed by atoms with van der Waals surface area (Å²) in [5.41, 5.74) is 2.26. The lowest BCUT2D eigenvalue weighted by atomic mass is 10.0. The van der Waals surface area contributed by atoms with Crippen molar-refractivity contribution in [2.75, 3.05) is 13.2 Å². The summed E-state index contributed by atoms with van der Waals surface area (Å²) in [5, 5.41) is 0. The number of amides is 1. The topological polar surface area (TPSA) is 64.5 Å². The highest BCUT2D eigenvalue weighted by Gasteiger charge is 2.25. The van der Waals surface area contributed by atoms with Gasteiger partial charge in [0.15, 0.2) is 0 Å². The predicted octanol–water partition coefficient (Wildman–Crippen LogP) is 4.36. The summed E-state index contributed by atoms with van der Waals surface area (Å²) in [7, 11) is 0. The summed E-state index contributed by atoms with van der Waals surface area (Å²) < 4.78 is 11.7. The second-order valence-corrected chi connectivity index (χ2v) is 8.19. The van der Waals surface area contributed by atoms with Gasteiger partial charge in [0.1, 0.15) is 29.5 Å². The molecule has 1 aliphatic rings. The quantitative estimate of drug-likeness (QED) is 0.648. The molecule has 0 saturated carbocycles. The number of hydrogen-bond acceptors (Lipinski definition) is 5. The normalized spacial score (nSPS) is 14.0. The largest absolute Gasteiger partial charge is 0.491 e. The van der Waals surface area contributed by atoms with E-state index in [1.165, 1.54) is 0 Å². The number of fused-ring (bicyclic) bond motifs is 1. The summed E-state index contributed by atoms with van der Waals surface area (Å²) in [4.78, 5) is 23.4. The van der Waals surface area contributed by atoms with Crippen LogP contribution in [0.5, 0.6) is 11.5 Å². The molecule has 1 aromatic heterocycles. The lowest BCUT2D eigenvalue weighted by Crippen LogP contribution is -2.32. The Morgan fingerprint density at radius 1 is 1.03 bits per heavy atom. The molecular weight excluding hydrogens is 378 g/mol. The molecule has 0 unspecified atom stereocenters. The smallest absolute Gasteiger partial charge is 0.258 e. The van der Waals surface area contributed by atoms with Gasteiger partial charge in [-0.15, -0.1) is 0 Å². The van der Waals surface area contributed by atoms with Crippen LogP contribution in [0.15, 0.2) is 60.9 Å². The number of hydrogen-bond donors (Lipinski definition) is 0. The van der Waals surface area contributed by atoms with Gasteiger partial charge >= 0.3 is 0 Å². The van der Waals surface area contributed by atoms with Crippen molar-refractivity contribution in [3.63, 3.8) is 0 Å². The van der Waals surface area contributed by atoms with E-state index in [1.807, 2.05) is 63.2 Å². The van der Waals surface area contributed by atoms with Crippen LogP contribution in [0.2, 0.25) is 0 Å². The Labute approximate surface area is 176 Å². The number of ether oxygens (including phenoxy) is 2. The van der Waals surface area contributed by atoms with Gasteiger partial charge in [-0.2, -0.15) is 0 Å². The number of nitrogens with zero attached hydrogens (tertiary/aromatic N) is 3. The Morgan fingerprint density at radius 3 is 2.43 bits per heavy atom. The summed E-state index contributed by atoms with van der Waals surface area (Å²) in [6, 6.07) is 15.4. The first-order valence-corrected chi connectivity index (χ1v) is 10.0. The van der Waals surface area contributed by atoms with Crippen LogP contribution in [0.25, 0.3) is 11.1 Å². The molecule has 2 aromatic carbocycles. The van der Waals surface area contributed by atoms with Gasteiger partial charge in [-0.3, -0.25) is 4.79 Å². The van der Waals surface area contributed by atoms with Crippen LogP contribution in [0.1, 0.15) is 37.0 Å². The first kappa shape index (κ1) is 19.9. The van der Waals surface area contributed by atoms with Crippen LogP contribution in [-0.2, 0) is 6.54 Å². The molecule has 0 spiro atoms. The van der Waals surface area contributed by atoms with Gasteiger partial charge in [-0.1, -0.05) is 18.2 Å². The highest BCUT2D eigenvalue weighted by Crippen LogP contribution is 2.31. The van der Waals surface area contributed by atoms with Crippen molar-refractivity contribution in [2.45, 2.75) is 32.9 Å². The van der Waals surface area contributed by atoms with Crippen molar-refractivity contribution in [2.24, 2.45) is 0 Å². The van der Waals surface area contributed by atoms with Crippen molar-refractivity contribution in [3.05, 3.63) is 72.3 Å². The van der Waals surface area contributed by atoms with Crippen LogP contribution in [-0.4, -0.2) is 39.5 Å². The number of carbonyl (C=O) groups is 1. The second-order valence-electron chi connectivity index (χ2n) is 8.19. The Balaban J connectivity index is 1.59. The van der Waals surface area contributed by atoms with E-state index in [2.05, 4.69) is 9.97 Å². The molecule has 0 radical (unpaired) electrons. The highest BCUT2D eigenvalue weighted by molar-refractivity contribution is 5.98. The summed E-state index contributed by atoms with van der Waals surface area (Å²) in [6.07, 6.45) is 3.36. The molecule has 154 valence electrons. The minimum atomic E-state index is -0.249. The fourth-order valence-corrected chi connectivity index (χ4v) is 3.34. The van der Waals surface area contributed by atoms with E-state index in [0.717, 1.165) is 16.9 Å². The van der Waals surface area contributed by atoms with Crippen molar-refractivity contribution >= 4 is 5.91 Å². The summed E-state index contributed by atoms with van der Waals surface area (Å²) in [6.45, 7) is 7.33. The van der Waals surface area contributed by atoms with Gasteiger partial charge < -0.3 is 14.4 Å². The molecular formula is C24H25N3O3. The Bertz CT molecular complexity index is 1030. The van der Waals surface area contributed by atoms with E-state index >= 15 is 0 Å². The molecule has 0 aliphatic carbocycles. The molecule has 0 bridgehead atoms. The highest BCUT2D eigenvalue weighted by atomic mass is 16.5. The maximum absolute atomic E-state index is 13.2. The standard InChI is InChI=1S/C24H25N3O3/c1-24(2,3)30-19-8-5-17(6-9-19)18-7-10-21-20(15-18)23(28)27(13-14-29-21)16-22-25-11-4-12-26-22/h4-12,15H,13-14,16H2,1-3H3. The van der Waals surface area contributed by atoms with E-state index in [-0.39, 0.29) is 11.5 Å². The van der Waals surface area contributed by atoms with E-state index in [0.29, 0.717) is 36.8 Å². The zero-order valence-corrected chi connectivity index (χ0v) is 17.5. The predicted molar refractivity (Wildman–Crippen MR) is 115 cm³/mol. The molecule has 0 N–H and O–H groups in total. The third-order valence-electron chi connectivity index (χ3n) is 4.68. The lowest BCUT2D eigenvalue weighted by molar-refractivity contribution is 0.0738. The zero-order valence-electron chi connectivity index (χ0n) is 17.5. The van der Waals surface area contributed by atoms with Gasteiger partial charge in [0.2, 0.25) is 0 Å². The Hall–Kier alpha value is -3.41. The molecule has 0 fully saturated rings. The SMILES string of the molecule is CC(C)(C)Oc1ccc(-c2ccc3c(c2)C(=O)N(Cc2ncccn2)CCO3)cc1. The average molecular weight is 403 g/mol. The van der Waals surface area contributed by atoms with Crippen molar-refractivity contribution in [1.29, 1.82) is 0 Å². The van der Waals surface area contributed by atoms with Crippen LogP contribution in [0.3, 0.4) is 0 Å². The Kier molecular flexibility index (Phi) is 5.40. The average Bonchev–Trinajstić information content (AvgIpc) is 2.87. The fraction of sp³-hybridized carbons (Fsp3) is 0.292. The van der Waals surface area contributed by atoms with Gasteiger partial charge in [-0.05, 0) is 62.2 Å². The van der Waals surface area contributed by atoms with Crippen LogP contribution in [0.4, 0.5) is 0 Å². The molecule has 0 atom stereocenters. The zero-order chi connectivity index (χ0) is 21.1. The fourth-order valence-electron chi connectivity index (χ4n) is 3.34. The molecule has 1 aliphatic heterocycles. The van der Waals surface area contributed by atoms with E-state index < -0.39 is 0 Å². The Morgan fingerprint density at radius 2 is 1.73 bits per heavy atom. The third-order valence-corrected chi connectivity index (χ3v) is 4.68. The molecule has 30 heavy (non-hydrogen) atoms. The third kappa shape index (κ3) is 4.59. The molecule has 0 saturated heterocycles. The van der Waals surface area contributed by atoms with Crippen LogP contribution < -0.4 is 9.47 Å². The molecule has 1 amide bonds. The van der Waals surface area contributed by atoms with Crippen LogP contribution in [0, 0.1) is 0 Å². The summed E-state index contributed by atoms with van der Waals surface area (Å²) in [5.74, 6) is 1.95. The van der Waals surface area contributed by atoms with E-state index in [4.69, 9.17) is 9.47 Å². The molecule has 4 rings (SSSR count). The first-order chi connectivity index (χ1) is 14.4. The molecule has 6 heteroatoms. The number of aromatic nitrogens is 2. The van der Waals surface area contributed by atoms with E-state index in [1.54, 1.807) is 23.4 Å². The monoisotopic (exact) mass is 403 g/mol. The van der Waals surface area contributed by atoms with Gasteiger partial charge in [0.25, 0.3) is 5.91 Å². The second kappa shape index (κ2) is 8.14. The summed E-state index contributed by atoms with van der Waals surface area (Å²) >= 11 is 0. The van der Waals surface area contributed by atoms with Crippen molar-refractivity contribution in [1.82, 2.24) is 14.9 Å². The van der Waals surface area contributed by atoms with Gasteiger partial charge in [0.05, 0.1) is 18.7 Å². The minimum Gasteiger partial charge on any atom is -0.491 e. The van der Waals surface area contributed by atoms with Gasteiger partial charge in [-0.25, -0.2) is 9.97 Å². The van der Waals surface area contributed by atoms with Crippen molar-refractivity contribution < 1.29 is 14.3 Å². The number of rotatable bonds is 4. The van der Waals surface area contributed by atoms with E-state index in [9.17, 15) is 4.79 Å². The maximum Gasteiger partial charge on any atom is 0.258 e. The molecule has 2 heterocycles. The lowest BCUT2D eigenvalue weighted by Gasteiger charge is -2.21. The van der Waals surface area contributed by atoms with Crippen molar-refractivity contribution in [3.8, 4) is 22.6 Å². The molecule has 3 aromatic rings. The minimum absolute atomic E-state index is 0.0792.